The monoisotopic (exact) mass is 260 g/mol. The summed E-state index contributed by atoms with van der Waals surface area (Å²) in [6.45, 7) is 5.32. The highest BCUT2D eigenvalue weighted by molar-refractivity contribution is 5.28. The molecule has 2 aliphatic rings. The fourth-order valence-electron chi connectivity index (χ4n) is 3.33. The molecule has 1 aromatic rings. The van der Waals surface area contributed by atoms with Gasteiger partial charge in [0.05, 0.1) is 13.2 Å². The van der Waals surface area contributed by atoms with Crippen LogP contribution in [0.4, 0.5) is 0 Å². The predicted octanol–water partition coefficient (Wildman–Crippen LogP) is 1.32. The van der Waals surface area contributed by atoms with Crippen LogP contribution in [0.1, 0.15) is 11.1 Å². The van der Waals surface area contributed by atoms with Crippen LogP contribution in [-0.4, -0.2) is 50.8 Å². The molecule has 0 bridgehead atoms. The maximum atomic E-state index is 5.61. The third kappa shape index (κ3) is 2.99. The molecule has 3 rings (SSSR count). The van der Waals surface area contributed by atoms with Crippen LogP contribution in [-0.2, 0) is 17.6 Å². The van der Waals surface area contributed by atoms with Gasteiger partial charge in [-0.25, -0.2) is 0 Å². The highest BCUT2D eigenvalue weighted by Gasteiger charge is 2.28. The van der Waals surface area contributed by atoms with Crippen LogP contribution >= 0.6 is 0 Å². The molecule has 0 aromatic heterocycles. The second-order valence-electron chi connectivity index (χ2n) is 5.76. The smallest absolute Gasteiger partial charge is 0.0623 e. The summed E-state index contributed by atoms with van der Waals surface area (Å²) >= 11 is 0. The minimum Gasteiger partial charge on any atom is -0.379 e. The minimum atomic E-state index is 0.533. The Morgan fingerprint density at radius 1 is 1.16 bits per heavy atom. The van der Waals surface area contributed by atoms with E-state index in [4.69, 9.17) is 4.74 Å². The molecule has 1 fully saturated rings. The lowest BCUT2D eigenvalue weighted by Gasteiger charge is -2.26. The zero-order valence-electron chi connectivity index (χ0n) is 11.8. The second kappa shape index (κ2) is 6.04. The third-order valence-corrected chi connectivity index (χ3v) is 4.57. The molecule has 3 heteroatoms. The Hall–Kier alpha value is -0.900. The number of benzene rings is 1. The van der Waals surface area contributed by atoms with Gasteiger partial charge in [-0.3, -0.25) is 0 Å². The molecule has 1 aromatic carbocycles. The van der Waals surface area contributed by atoms with Gasteiger partial charge >= 0.3 is 0 Å². The van der Waals surface area contributed by atoms with Crippen molar-refractivity contribution in [2.75, 3.05) is 39.9 Å². The summed E-state index contributed by atoms with van der Waals surface area (Å²) in [6, 6.07) is 9.43. The lowest BCUT2D eigenvalue weighted by Crippen LogP contribution is -2.41. The minimum absolute atomic E-state index is 0.533. The first-order chi connectivity index (χ1) is 9.36. The van der Waals surface area contributed by atoms with E-state index in [0.717, 1.165) is 13.2 Å². The van der Waals surface area contributed by atoms with Crippen LogP contribution in [0, 0.1) is 5.92 Å². The number of fused-ring (bicyclic) bond motifs is 1. The van der Waals surface area contributed by atoms with Gasteiger partial charge < -0.3 is 15.0 Å². The molecule has 2 aliphatic heterocycles. The summed E-state index contributed by atoms with van der Waals surface area (Å²) in [5.41, 5.74) is 3.08. The van der Waals surface area contributed by atoms with Gasteiger partial charge in [-0.15, -0.1) is 0 Å². The van der Waals surface area contributed by atoms with E-state index in [9.17, 15) is 0 Å². The van der Waals surface area contributed by atoms with Crippen molar-refractivity contribution in [2.24, 2.45) is 5.92 Å². The molecule has 1 saturated heterocycles. The molecule has 2 unspecified atom stereocenters. The van der Waals surface area contributed by atoms with Gasteiger partial charge in [-0.2, -0.15) is 0 Å². The molecule has 0 saturated carbocycles. The fraction of sp³-hybridized carbons (Fsp3) is 0.625. The maximum Gasteiger partial charge on any atom is 0.0623 e. The fourth-order valence-corrected chi connectivity index (χ4v) is 3.33. The SMILES string of the molecule is CNC1COCC1CN1CCc2ccccc2CC1. The first-order valence-electron chi connectivity index (χ1n) is 7.41. The van der Waals surface area contributed by atoms with Crippen molar-refractivity contribution < 1.29 is 4.74 Å². The summed E-state index contributed by atoms with van der Waals surface area (Å²) in [6.07, 6.45) is 2.38. The zero-order chi connectivity index (χ0) is 13.1. The second-order valence-corrected chi connectivity index (χ2v) is 5.76. The Labute approximate surface area is 115 Å². The molecule has 0 radical (unpaired) electrons. The van der Waals surface area contributed by atoms with Crippen LogP contribution in [0.15, 0.2) is 24.3 Å². The summed E-state index contributed by atoms with van der Waals surface area (Å²) in [5.74, 6) is 0.645. The van der Waals surface area contributed by atoms with E-state index in [-0.39, 0.29) is 0 Å². The van der Waals surface area contributed by atoms with Gasteiger partial charge in [-0.05, 0) is 31.0 Å². The molecule has 19 heavy (non-hydrogen) atoms. The van der Waals surface area contributed by atoms with E-state index in [1.165, 1.54) is 43.6 Å². The summed E-state index contributed by atoms with van der Waals surface area (Å²) in [7, 11) is 2.05. The first-order valence-corrected chi connectivity index (χ1v) is 7.41. The largest absolute Gasteiger partial charge is 0.379 e. The number of nitrogens with zero attached hydrogens (tertiary/aromatic N) is 1. The highest BCUT2D eigenvalue weighted by Crippen LogP contribution is 2.19. The quantitative estimate of drug-likeness (QED) is 0.887. The Balaban J connectivity index is 1.60. The number of hydrogen-bond donors (Lipinski definition) is 1. The van der Waals surface area contributed by atoms with Crippen LogP contribution in [0.25, 0.3) is 0 Å². The highest BCUT2D eigenvalue weighted by atomic mass is 16.5. The van der Waals surface area contributed by atoms with Gasteiger partial charge in [-0.1, -0.05) is 24.3 Å². The molecule has 2 heterocycles. The lowest BCUT2D eigenvalue weighted by molar-refractivity contribution is 0.168. The van der Waals surface area contributed by atoms with Crippen LogP contribution < -0.4 is 5.32 Å². The number of nitrogens with one attached hydrogen (secondary N) is 1. The lowest BCUT2D eigenvalue weighted by atomic mass is 10.0. The van der Waals surface area contributed by atoms with E-state index in [1.54, 1.807) is 0 Å². The van der Waals surface area contributed by atoms with Crippen LogP contribution in [0.3, 0.4) is 0 Å². The normalized spacial score (nSPS) is 28.1. The van der Waals surface area contributed by atoms with Gasteiger partial charge in [0, 0.05) is 31.6 Å². The van der Waals surface area contributed by atoms with Gasteiger partial charge in [0.2, 0.25) is 0 Å². The molecule has 2 atom stereocenters. The molecule has 0 spiro atoms. The van der Waals surface area contributed by atoms with Gasteiger partial charge in [0.1, 0.15) is 0 Å². The van der Waals surface area contributed by atoms with E-state index in [0.29, 0.717) is 12.0 Å². The van der Waals surface area contributed by atoms with E-state index < -0.39 is 0 Å². The number of hydrogen-bond acceptors (Lipinski definition) is 3. The Morgan fingerprint density at radius 2 is 1.84 bits per heavy atom. The molecule has 0 aliphatic carbocycles. The zero-order valence-corrected chi connectivity index (χ0v) is 11.8. The van der Waals surface area contributed by atoms with Crippen molar-refractivity contribution >= 4 is 0 Å². The van der Waals surface area contributed by atoms with Gasteiger partial charge in [0.15, 0.2) is 0 Å². The topological polar surface area (TPSA) is 24.5 Å². The molecule has 3 nitrogen and oxygen atoms in total. The van der Waals surface area contributed by atoms with E-state index in [2.05, 4.69) is 34.5 Å². The van der Waals surface area contributed by atoms with Crippen molar-refractivity contribution in [3.05, 3.63) is 35.4 Å². The summed E-state index contributed by atoms with van der Waals surface area (Å²) in [5, 5.41) is 3.38. The Kier molecular flexibility index (Phi) is 4.16. The molecular formula is C16H24N2O. The average Bonchev–Trinajstić information content (AvgIpc) is 2.79. The number of likely N-dealkylation sites (N-methyl/N-ethyl adjacent to an activating group) is 1. The van der Waals surface area contributed by atoms with E-state index >= 15 is 0 Å². The maximum absolute atomic E-state index is 5.61. The standard InChI is InChI=1S/C16H24N2O/c1-17-16-12-19-11-15(16)10-18-8-6-13-4-2-3-5-14(13)7-9-18/h2-5,15-17H,6-12H2,1H3. The van der Waals surface area contributed by atoms with Crippen molar-refractivity contribution in [1.29, 1.82) is 0 Å². The Morgan fingerprint density at radius 3 is 2.47 bits per heavy atom. The van der Waals surface area contributed by atoms with Crippen molar-refractivity contribution in [1.82, 2.24) is 10.2 Å². The predicted molar refractivity (Wildman–Crippen MR) is 77.4 cm³/mol. The summed E-state index contributed by atoms with van der Waals surface area (Å²) in [4.78, 5) is 2.61. The van der Waals surface area contributed by atoms with Gasteiger partial charge in [0.25, 0.3) is 0 Å². The van der Waals surface area contributed by atoms with Crippen LogP contribution in [0.2, 0.25) is 0 Å². The third-order valence-electron chi connectivity index (χ3n) is 4.57. The first kappa shape index (κ1) is 13.1. The van der Waals surface area contributed by atoms with E-state index in [1.807, 2.05) is 7.05 Å². The van der Waals surface area contributed by atoms with Crippen LogP contribution in [0.5, 0.6) is 0 Å². The summed E-state index contributed by atoms with van der Waals surface area (Å²) < 4.78 is 5.61. The van der Waals surface area contributed by atoms with Crippen molar-refractivity contribution in [3.8, 4) is 0 Å². The number of rotatable bonds is 3. The van der Waals surface area contributed by atoms with Crippen molar-refractivity contribution in [2.45, 2.75) is 18.9 Å². The Bertz CT molecular complexity index is 394. The van der Waals surface area contributed by atoms with Crippen molar-refractivity contribution in [3.63, 3.8) is 0 Å². The molecule has 1 N–H and O–H groups in total. The molecule has 104 valence electrons. The average molecular weight is 260 g/mol. The molecule has 0 amide bonds. The number of ether oxygens (including phenoxy) is 1. The molecular weight excluding hydrogens is 236 g/mol.